The Labute approximate surface area is 160 Å². The number of nitrogens with one attached hydrogen (secondary N) is 1. The number of sulfonamides is 1. The number of hydrogen-bond acceptors (Lipinski definition) is 3. The van der Waals surface area contributed by atoms with Gasteiger partial charge in [-0.25, -0.2) is 12.7 Å². The molecule has 0 bridgehead atoms. The molecule has 2 rings (SSSR count). The minimum absolute atomic E-state index is 0.0361. The number of hydrogen-bond donors (Lipinski definition) is 1. The van der Waals surface area contributed by atoms with Crippen LogP contribution in [0.4, 0.5) is 0 Å². The molecule has 0 fully saturated rings. The van der Waals surface area contributed by atoms with E-state index in [0.717, 1.165) is 17.1 Å². The van der Waals surface area contributed by atoms with E-state index in [1.165, 1.54) is 37.9 Å². The van der Waals surface area contributed by atoms with Crippen LogP contribution in [0.15, 0.2) is 53.4 Å². The van der Waals surface area contributed by atoms with Gasteiger partial charge in [0.2, 0.25) is 10.0 Å². The van der Waals surface area contributed by atoms with Crippen LogP contribution in [0, 0.1) is 0 Å². The van der Waals surface area contributed by atoms with E-state index in [0.29, 0.717) is 0 Å². The summed E-state index contributed by atoms with van der Waals surface area (Å²) in [6.45, 7) is 1.91. The van der Waals surface area contributed by atoms with Crippen molar-refractivity contribution in [3.8, 4) is 0 Å². The molecular formula is C19H23ClN2O3S. The van der Waals surface area contributed by atoms with Crippen LogP contribution in [-0.4, -0.2) is 38.8 Å². The quantitative estimate of drug-likeness (QED) is 0.783. The zero-order valence-corrected chi connectivity index (χ0v) is 16.6. The highest BCUT2D eigenvalue weighted by molar-refractivity contribution is 7.89. The smallest absolute Gasteiger partial charge is 0.253 e. The molecule has 0 aliphatic rings. The molecule has 0 radical (unpaired) electrons. The fourth-order valence-electron chi connectivity index (χ4n) is 2.45. The normalized spacial score (nSPS) is 12.8. The van der Waals surface area contributed by atoms with Gasteiger partial charge in [-0.2, -0.15) is 0 Å². The molecule has 1 unspecified atom stereocenters. The van der Waals surface area contributed by atoms with Crippen LogP contribution >= 0.6 is 11.6 Å². The number of carbonyl (C=O) groups is 1. The predicted octanol–water partition coefficient (Wildman–Crippen LogP) is 3.34. The van der Waals surface area contributed by atoms with Crippen LogP contribution < -0.4 is 5.32 Å². The Kier molecular flexibility index (Phi) is 6.81. The van der Waals surface area contributed by atoms with Crippen molar-refractivity contribution in [2.24, 2.45) is 0 Å². The number of carbonyl (C=O) groups excluding carboxylic acids is 1. The molecule has 1 amide bonds. The summed E-state index contributed by atoms with van der Waals surface area (Å²) in [7, 11) is -0.750. The maximum Gasteiger partial charge on any atom is 0.253 e. The molecule has 0 aliphatic carbocycles. The lowest BCUT2D eigenvalue weighted by atomic mass is 10.1. The third-order valence-electron chi connectivity index (χ3n) is 4.05. The Morgan fingerprint density at radius 1 is 1.15 bits per heavy atom. The molecule has 7 heteroatoms. The number of nitrogens with zero attached hydrogens (tertiary/aromatic N) is 1. The maximum absolute atomic E-state index is 12.5. The lowest BCUT2D eigenvalue weighted by Gasteiger charge is -2.16. The van der Waals surface area contributed by atoms with Crippen molar-refractivity contribution in [1.29, 1.82) is 0 Å². The van der Waals surface area contributed by atoms with E-state index < -0.39 is 10.0 Å². The minimum atomic E-state index is -3.63. The summed E-state index contributed by atoms with van der Waals surface area (Å²) in [5.41, 5.74) is 1.35. The number of halogens is 1. The van der Waals surface area contributed by atoms with Crippen LogP contribution in [0.5, 0.6) is 0 Å². The second-order valence-electron chi connectivity index (χ2n) is 6.33. The fourth-order valence-corrected chi connectivity index (χ4v) is 3.58. The molecule has 0 saturated carbocycles. The van der Waals surface area contributed by atoms with Gasteiger partial charge in [-0.15, -0.1) is 0 Å². The van der Waals surface area contributed by atoms with Gasteiger partial charge in [-0.05, 0) is 43.5 Å². The van der Waals surface area contributed by atoms with E-state index >= 15 is 0 Å². The van der Waals surface area contributed by atoms with E-state index in [-0.39, 0.29) is 27.4 Å². The van der Waals surface area contributed by atoms with Gasteiger partial charge in [0.15, 0.2) is 0 Å². The summed E-state index contributed by atoms with van der Waals surface area (Å²) in [5.74, 6) is -0.383. The summed E-state index contributed by atoms with van der Waals surface area (Å²) in [6, 6.07) is 14.1. The number of benzene rings is 2. The third kappa shape index (κ3) is 5.06. The summed E-state index contributed by atoms with van der Waals surface area (Å²) in [4.78, 5) is 12.6. The van der Waals surface area contributed by atoms with Gasteiger partial charge in [-0.3, -0.25) is 4.79 Å². The highest BCUT2D eigenvalue weighted by Gasteiger charge is 2.21. The molecule has 26 heavy (non-hydrogen) atoms. The molecule has 2 aromatic rings. The monoisotopic (exact) mass is 394 g/mol. The molecule has 5 nitrogen and oxygen atoms in total. The van der Waals surface area contributed by atoms with Crippen LogP contribution in [0.1, 0.15) is 29.3 Å². The predicted molar refractivity (Wildman–Crippen MR) is 104 cm³/mol. The lowest BCUT2D eigenvalue weighted by molar-refractivity contribution is 0.0938. The Morgan fingerprint density at radius 2 is 1.81 bits per heavy atom. The fraction of sp³-hybridized carbons (Fsp3) is 0.316. The number of rotatable bonds is 7. The maximum atomic E-state index is 12.5. The highest BCUT2D eigenvalue weighted by atomic mass is 35.5. The van der Waals surface area contributed by atoms with E-state index in [1.807, 2.05) is 37.3 Å². The zero-order chi connectivity index (χ0) is 19.3. The van der Waals surface area contributed by atoms with Gasteiger partial charge in [0.1, 0.15) is 0 Å². The topological polar surface area (TPSA) is 66.5 Å². The average molecular weight is 395 g/mol. The molecule has 140 valence electrons. The number of amides is 1. The third-order valence-corrected chi connectivity index (χ3v) is 6.19. The van der Waals surface area contributed by atoms with Crippen molar-refractivity contribution in [3.63, 3.8) is 0 Å². The van der Waals surface area contributed by atoms with Gasteiger partial charge in [0.25, 0.3) is 5.91 Å². The van der Waals surface area contributed by atoms with Crippen LogP contribution in [0.2, 0.25) is 5.02 Å². The Balaban J connectivity index is 2.09. The van der Waals surface area contributed by atoms with Gasteiger partial charge in [-0.1, -0.05) is 41.9 Å². The van der Waals surface area contributed by atoms with E-state index in [1.54, 1.807) is 0 Å². The first-order valence-corrected chi connectivity index (χ1v) is 10.1. The minimum Gasteiger partial charge on any atom is -0.350 e. The van der Waals surface area contributed by atoms with Crippen LogP contribution in [-0.2, 0) is 16.4 Å². The molecule has 0 spiro atoms. The van der Waals surface area contributed by atoms with Crippen molar-refractivity contribution in [2.75, 3.05) is 14.1 Å². The molecule has 0 aliphatic heterocycles. The van der Waals surface area contributed by atoms with E-state index in [4.69, 9.17) is 11.6 Å². The van der Waals surface area contributed by atoms with Gasteiger partial charge in [0, 0.05) is 20.1 Å². The average Bonchev–Trinajstić information content (AvgIpc) is 2.60. The summed E-state index contributed by atoms with van der Waals surface area (Å²) >= 11 is 6.11. The van der Waals surface area contributed by atoms with Gasteiger partial charge in [0.05, 0.1) is 15.5 Å². The lowest BCUT2D eigenvalue weighted by Crippen LogP contribution is -2.33. The first kappa shape index (κ1) is 20.4. The molecule has 0 saturated heterocycles. The van der Waals surface area contributed by atoms with Crippen LogP contribution in [0.3, 0.4) is 0 Å². The largest absolute Gasteiger partial charge is 0.350 e. The number of aryl methyl sites for hydroxylation is 1. The molecular weight excluding hydrogens is 372 g/mol. The zero-order valence-electron chi connectivity index (χ0n) is 15.1. The molecule has 1 N–H and O–H groups in total. The summed E-state index contributed by atoms with van der Waals surface area (Å²) in [5, 5.41) is 3.10. The van der Waals surface area contributed by atoms with Crippen molar-refractivity contribution in [2.45, 2.75) is 30.7 Å². The highest BCUT2D eigenvalue weighted by Crippen LogP contribution is 2.22. The van der Waals surface area contributed by atoms with Crippen molar-refractivity contribution in [3.05, 3.63) is 64.7 Å². The van der Waals surface area contributed by atoms with Crippen molar-refractivity contribution < 1.29 is 13.2 Å². The Hall–Kier alpha value is -1.89. The van der Waals surface area contributed by atoms with E-state index in [2.05, 4.69) is 5.32 Å². The summed E-state index contributed by atoms with van der Waals surface area (Å²) in [6.07, 6.45) is 1.61. The second-order valence-corrected chi connectivity index (χ2v) is 8.89. The Bertz CT molecular complexity index is 868. The first-order chi connectivity index (χ1) is 12.2. The van der Waals surface area contributed by atoms with Crippen molar-refractivity contribution >= 4 is 27.5 Å². The molecule has 0 heterocycles. The first-order valence-electron chi connectivity index (χ1n) is 8.28. The summed E-state index contributed by atoms with van der Waals surface area (Å²) < 4.78 is 25.6. The van der Waals surface area contributed by atoms with Crippen LogP contribution in [0.25, 0.3) is 0 Å². The van der Waals surface area contributed by atoms with Gasteiger partial charge < -0.3 is 5.32 Å². The van der Waals surface area contributed by atoms with Crippen molar-refractivity contribution in [1.82, 2.24) is 9.62 Å². The second kappa shape index (κ2) is 8.66. The molecule has 1 atom stereocenters. The van der Waals surface area contributed by atoms with E-state index in [9.17, 15) is 13.2 Å². The molecule has 2 aromatic carbocycles. The standard InChI is InChI=1S/C19H23ClN2O3S/c1-14(9-10-15-7-5-4-6-8-15)21-19(23)17-13-16(11-12-18(17)20)26(24,25)22(2)3/h4-8,11-14H,9-10H2,1-3H3,(H,21,23). The SMILES string of the molecule is CC(CCc1ccccc1)NC(=O)c1cc(S(=O)(=O)N(C)C)ccc1Cl. The Morgan fingerprint density at radius 3 is 2.42 bits per heavy atom. The van der Waals surface area contributed by atoms with Gasteiger partial charge >= 0.3 is 0 Å². The molecule has 0 aromatic heterocycles.